The number of nitrogens with zero attached hydrogens (tertiary/aromatic N) is 3. The van der Waals surface area contributed by atoms with Crippen molar-refractivity contribution < 1.29 is 9.53 Å². The summed E-state index contributed by atoms with van der Waals surface area (Å²) in [5, 5.41) is 8.62. The van der Waals surface area contributed by atoms with E-state index in [0.29, 0.717) is 5.62 Å². The van der Waals surface area contributed by atoms with E-state index in [9.17, 15) is 4.79 Å². The van der Waals surface area contributed by atoms with E-state index >= 15 is 0 Å². The monoisotopic (exact) mass is 344 g/mol. The molecule has 1 fully saturated rings. The molecule has 25 heavy (non-hydrogen) atoms. The average molecular weight is 344 g/mol. The molecular weight excluding hydrogens is 316 g/mol. The van der Waals surface area contributed by atoms with Gasteiger partial charge < -0.3 is 13.9 Å². The Labute approximate surface area is 148 Å². The predicted octanol–water partition coefficient (Wildman–Crippen LogP) is 1.87. The molecule has 1 aliphatic heterocycles. The topological polar surface area (TPSA) is 63.2 Å². The van der Waals surface area contributed by atoms with Gasteiger partial charge in [-0.3, -0.25) is 15.1 Å². The Morgan fingerprint density at radius 2 is 1.68 bits per heavy atom. The quantitative estimate of drug-likeness (QED) is 0.901. The molecule has 136 valence electrons. The molecule has 2 heterocycles. The summed E-state index contributed by atoms with van der Waals surface area (Å²) >= 11 is 0. The van der Waals surface area contributed by atoms with Gasteiger partial charge in [0.2, 0.25) is 5.62 Å². The maximum Gasteiger partial charge on any atom is 0.203 e. The molecule has 6 nitrogen and oxygen atoms in total. The molecule has 6 heteroatoms. The fourth-order valence-corrected chi connectivity index (χ4v) is 3.13. The highest BCUT2D eigenvalue weighted by Crippen LogP contribution is 2.18. The molecule has 0 saturated carbocycles. The zero-order valence-corrected chi connectivity index (χ0v) is 15.4. The predicted molar refractivity (Wildman–Crippen MR) is 97.5 cm³/mol. The number of carbonyl (C=O) groups excluding carboxylic acids is 1. The lowest BCUT2D eigenvalue weighted by molar-refractivity contribution is -0.126. The van der Waals surface area contributed by atoms with Crippen LogP contribution in [0.25, 0.3) is 11.0 Å². The normalized spacial score (nSPS) is 16.4. The summed E-state index contributed by atoms with van der Waals surface area (Å²) in [6.07, 6.45) is 0. The molecule has 0 spiro atoms. The van der Waals surface area contributed by atoms with Gasteiger partial charge in [-0.05, 0) is 12.1 Å². The molecule has 0 bridgehead atoms. The maximum absolute atomic E-state index is 12.5. The number of ketones is 1. The lowest BCUT2D eigenvalue weighted by Crippen LogP contribution is -2.39. The summed E-state index contributed by atoms with van der Waals surface area (Å²) in [5.74, 6) is 0.141. The van der Waals surface area contributed by atoms with Crippen LogP contribution >= 0.6 is 0 Å². The number of hydrogen-bond acceptors (Lipinski definition) is 4. The van der Waals surface area contributed by atoms with Crippen LogP contribution in [0.2, 0.25) is 0 Å². The number of aromatic nitrogens is 2. The second kappa shape index (κ2) is 7.14. The minimum absolute atomic E-state index is 0.141. The molecule has 1 N–H and O–H groups in total. The SMILES string of the molecule is CC(C)(C)C(=O)Cn1c(=N)n(CCN2CCOCC2)c2ccccc21. The van der Waals surface area contributed by atoms with Crippen molar-refractivity contribution in [2.24, 2.45) is 5.41 Å². The summed E-state index contributed by atoms with van der Waals surface area (Å²) in [7, 11) is 0. The minimum atomic E-state index is -0.406. The lowest BCUT2D eigenvalue weighted by atomic mass is 9.91. The van der Waals surface area contributed by atoms with Gasteiger partial charge in [-0.2, -0.15) is 0 Å². The Balaban J connectivity index is 1.89. The van der Waals surface area contributed by atoms with Gasteiger partial charge in [0.05, 0.1) is 30.8 Å². The van der Waals surface area contributed by atoms with Gasteiger partial charge in [0.1, 0.15) is 0 Å². The first-order chi connectivity index (χ1) is 11.9. The highest BCUT2D eigenvalue weighted by atomic mass is 16.5. The summed E-state index contributed by atoms with van der Waals surface area (Å²) in [4.78, 5) is 14.9. The van der Waals surface area contributed by atoms with Crippen molar-refractivity contribution in [3.05, 3.63) is 29.9 Å². The van der Waals surface area contributed by atoms with E-state index in [-0.39, 0.29) is 12.3 Å². The minimum Gasteiger partial charge on any atom is -0.379 e. The van der Waals surface area contributed by atoms with Crippen LogP contribution in [0.4, 0.5) is 0 Å². The Hall–Kier alpha value is -1.92. The van der Waals surface area contributed by atoms with Crippen LogP contribution in [0.15, 0.2) is 24.3 Å². The number of benzene rings is 1. The van der Waals surface area contributed by atoms with Crippen LogP contribution in [-0.4, -0.2) is 52.7 Å². The van der Waals surface area contributed by atoms with E-state index in [1.807, 2.05) is 54.2 Å². The molecule has 1 aliphatic rings. The first-order valence-corrected chi connectivity index (χ1v) is 8.94. The van der Waals surface area contributed by atoms with Gasteiger partial charge >= 0.3 is 0 Å². The smallest absolute Gasteiger partial charge is 0.203 e. The number of carbonyl (C=O) groups is 1. The molecular formula is C19H28N4O2. The number of hydrogen-bond donors (Lipinski definition) is 1. The molecule has 1 aromatic carbocycles. The molecule has 0 aliphatic carbocycles. The molecule has 0 radical (unpaired) electrons. The fraction of sp³-hybridized carbons (Fsp3) is 0.579. The van der Waals surface area contributed by atoms with E-state index in [0.717, 1.165) is 50.4 Å². The molecule has 1 aromatic heterocycles. The van der Waals surface area contributed by atoms with Crippen molar-refractivity contribution in [3.8, 4) is 0 Å². The number of ether oxygens (including phenoxy) is 1. The lowest BCUT2D eigenvalue weighted by Gasteiger charge is -2.26. The zero-order chi connectivity index (χ0) is 18.0. The third-order valence-electron chi connectivity index (χ3n) is 4.86. The van der Waals surface area contributed by atoms with Gasteiger partial charge in [0.25, 0.3) is 0 Å². The number of Topliss-reactive ketones (excluding diaryl/α,β-unsaturated/α-hetero) is 1. The first-order valence-electron chi connectivity index (χ1n) is 8.94. The van der Waals surface area contributed by atoms with Crippen molar-refractivity contribution in [2.45, 2.75) is 33.9 Å². The summed E-state index contributed by atoms with van der Waals surface area (Å²) in [6.45, 7) is 11.1. The third-order valence-corrected chi connectivity index (χ3v) is 4.86. The second-order valence-electron chi connectivity index (χ2n) is 7.68. The molecule has 1 saturated heterocycles. The number of imidazole rings is 1. The van der Waals surface area contributed by atoms with Gasteiger partial charge in [0, 0.05) is 31.6 Å². The van der Waals surface area contributed by atoms with E-state index in [1.165, 1.54) is 0 Å². The number of nitrogens with one attached hydrogen (secondary N) is 1. The van der Waals surface area contributed by atoms with Crippen LogP contribution in [0, 0.1) is 10.8 Å². The number of fused-ring (bicyclic) bond motifs is 1. The Bertz CT molecular complexity index is 807. The maximum atomic E-state index is 12.5. The molecule has 0 amide bonds. The second-order valence-corrected chi connectivity index (χ2v) is 7.68. The van der Waals surface area contributed by atoms with Crippen molar-refractivity contribution in [2.75, 3.05) is 32.8 Å². The van der Waals surface area contributed by atoms with Crippen LogP contribution in [0.3, 0.4) is 0 Å². The van der Waals surface area contributed by atoms with E-state index in [1.54, 1.807) is 0 Å². The number of rotatable bonds is 5. The zero-order valence-electron chi connectivity index (χ0n) is 15.4. The summed E-state index contributed by atoms with van der Waals surface area (Å²) in [5.41, 5.74) is 1.96. The van der Waals surface area contributed by atoms with Crippen molar-refractivity contribution in [1.29, 1.82) is 5.41 Å². The standard InChI is InChI=1S/C19H28N4O2/c1-19(2,3)17(24)14-23-16-7-5-4-6-15(16)22(18(23)20)9-8-21-10-12-25-13-11-21/h4-7,20H,8-14H2,1-3H3. The van der Waals surface area contributed by atoms with E-state index in [2.05, 4.69) is 4.90 Å². The molecule has 0 unspecified atom stereocenters. The van der Waals surface area contributed by atoms with Crippen LogP contribution in [0.5, 0.6) is 0 Å². The molecule has 3 rings (SSSR count). The average Bonchev–Trinajstić information content (AvgIpc) is 2.85. The largest absolute Gasteiger partial charge is 0.379 e. The number of morpholine rings is 1. The van der Waals surface area contributed by atoms with Crippen LogP contribution in [-0.2, 0) is 22.6 Å². The summed E-state index contributed by atoms with van der Waals surface area (Å²) in [6, 6.07) is 7.98. The molecule has 0 atom stereocenters. The first kappa shape index (κ1) is 17.9. The van der Waals surface area contributed by atoms with Gasteiger partial charge in [-0.25, -0.2) is 0 Å². The van der Waals surface area contributed by atoms with Crippen molar-refractivity contribution in [1.82, 2.24) is 14.0 Å². The van der Waals surface area contributed by atoms with E-state index in [4.69, 9.17) is 10.1 Å². The van der Waals surface area contributed by atoms with Crippen LogP contribution in [0.1, 0.15) is 20.8 Å². The highest BCUT2D eigenvalue weighted by molar-refractivity contribution is 5.85. The summed E-state index contributed by atoms with van der Waals surface area (Å²) < 4.78 is 9.25. The van der Waals surface area contributed by atoms with Crippen LogP contribution < -0.4 is 5.62 Å². The Kier molecular flexibility index (Phi) is 5.11. The number of para-hydroxylation sites is 2. The highest BCUT2D eigenvalue weighted by Gasteiger charge is 2.23. The van der Waals surface area contributed by atoms with Gasteiger partial charge in [0.15, 0.2) is 5.78 Å². The van der Waals surface area contributed by atoms with Gasteiger partial charge in [-0.15, -0.1) is 0 Å². The third kappa shape index (κ3) is 3.85. The van der Waals surface area contributed by atoms with Gasteiger partial charge in [-0.1, -0.05) is 32.9 Å². The Morgan fingerprint density at radius 1 is 1.08 bits per heavy atom. The van der Waals surface area contributed by atoms with Crippen molar-refractivity contribution in [3.63, 3.8) is 0 Å². The van der Waals surface area contributed by atoms with Crippen molar-refractivity contribution >= 4 is 16.8 Å². The van der Waals surface area contributed by atoms with E-state index < -0.39 is 5.41 Å². The molecule has 2 aromatic rings. The Morgan fingerprint density at radius 3 is 2.28 bits per heavy atom. The fourth-order valence-electron chi connectivity index (χ4n) is 3.13.